The largest absolute Gasteiger partial charge is 0.362 e. The molecule has 6 heteroatoms. The van der Waals surface area contributed by atoms with Gasteiger partial charge >= 0.3 is 11.8 Å². The van der Waals surface area contributed by atoms with Gasteiger partial charge in [-0.1, -0.05) is 43.3 Å². The van der Waals surface area contributed by atoms with Gasteiger partial charge in [0, 0.05) is 36.9 Å². The molecule has 0 spiro atoms. The zero-order chi connectivity index (χ0) is 21.6. The molecule has 1 atom stereocenters. The Hall–Kier alpha value is -3.67. The fraction of sp³-hybridized carbons (Fsp3) is 0.240. The Kier molecular flexibility index (Phi) is 6.26. The van der Waals surface area contributed by atoms with Crippen molar-refractivity contribution in [3.05, 3.63) is 89.7 Å². The van der Waals surface area contributed by atoms with E-state index >= 15 is 0 Å². The van der Waals surface area contributed by atoms with E-state index < -0.39 is 11.8 Å². The average molecular weight is 415 g/mol. The zero-order valence-corrected chi connectivity index (χ0v) is 17.5. The normalized spacial score (nSPS) is 13.4. The molecule has 2 heterocycles. The first-order valence-electron chi connectivity index (χ1n) is 10.6. The first kappa shape index (κ1) is 20.6. The molecule has 3 aromatic rings. The van der Waals surface area contributed by atoms with E-state index in [0.29, 0.717) is 12.2 Å². The van der Waals surface area contributed by atoms with Crippen molar-refractivity contribution in [1.82, 2.24) is 10.3 Å². The van der Waals surface area contributed by atoms with Gasteiger partial charge in [0.15, 0.2) is 0 Å². The predicted octanol–water partition coefficient (Wildman–Crippen LogP) is 3.50. The van der Waals surface area contributed by atoms with Crippen molar-refractivity contribution in [2.75, 3.05) is 23.3 Å². The van der Waals surface area contributed by atoms with E-state index in [1.54, 1.807) is 6.20 Å². The maximum Gasteiger partial charge on any atom is 0.313 e. The van der Waals surface area contributed by atoms with Crippen LogP contribution in [0.2, 0.25) is 0 Å². The number of anilines is 2. The molecular formula is C25H26N4O2. The number of benzene rings is 2. The predicted molar refractivity (Wildman–Crippen MR) is 122 cm³/mol. The molecule has 0 aliphatic carbocycles. The van der Waals surface area contributed by atoms with E-state index in [9.17, 15) is 9.59 Å². The summed E-state index contributed by atoms with van der Waals surface area (Å²) in [6, 6.07) is 19.6. The summed E-state index contributed by atoms with van der Waals surface area (Å²) < 4.78 is 0. The molecule has 1 aliphatic rings. The second-order valence-electron chi connectivity index (χ2n) is 7.59. The molecule has 1 aromatic heterocycles. The van der Waals surface area contributed by atoms with Crippen LogP contribution in [0.5, 0.6) is 0 Å². The van der Waals surface area contributed by atoms with Gasteiger partial charge < -0.3 is 15.5 Å². The van der Waals surface area contributed by atoms with Gasteiger partial charge in [0.2, 0.25) is 0 Å². The molecule has 6 nitrogen and oxygen atoms in total. The summed E-state index contributed by atoms with van der Waals surface area (Å²) in [5, 5.41) is 5.48. The number of para-hydroxylation sites is 1. The van der Waals surface area contributed by atoms with E-state index in [1.807, 2.05) is 54.7 Å². The standard InChI is InChI=1S/C25H26N4O2/c1-2-18-9-11-21(12-10-18)28-25(31)24(30)27-17-23(20-7-5-14-26-16-20)29-15-13-19-6-3-4-8-22(19)29/h3-12,14,16,23H,2,13,15,17H2,1H3,(H,27,30)(H,28,31)/t23-/m0/s1. The summed E-state index contributed by atoms with van der Waals surface area (Å²) in [5.41, 5.74) is 5.22. The van der Waals surface area contributed by atoms with Gasteiger partial charge in [-0.3, -0.25) is 14.6 Å². The molecule has 0 bridgehead atoms. The molecule has 1 aliphatic heterocycles. The molecule has 2 aromatic carbocycles. The van der Waals surface area contributed by atoms with Gasteiger partial charge in [-0.15, -0.1) is 0 Å². The zero-order valence-electron chi connectivity index (χ0n) is 17.5. The third-order valence-electron chi connectivity index (χ3n) is 5.65. The number of hydrogen-bond acceptors (Lipinski definition) is 4. The van der Waals surface area contributed by atoms with Crippen LogP contribution < -0.4 is 15.5 Å². The fourth-order valence-electron chi connectivity index (χ4n) is 3.95. The molecule has 0 unspecified atom stereocenters. The lowest BCUT2D eigenvalue weighted by atomic mass is 10.1. The monoisotopic (exact) mass is 414 g/mol. The number of aromatic nitrogens is 1. The number of carbonyl (C=O) groups is 2. The number of fused-ring (bicyclic) bond motifs is 1. The highest BCUT2D eigenvalue weighted by Crippen LogP contribution is 2.34. The number of rotatable bonds is 6. The Morgan fingerprint density at radius 3 is 2.58 bits per heavy atom. The van der Waals surface area contributed by atoms with Crippen molar-refractivity contribution in [2.45, 2.75) is 25.8 Å². The summed E-state index contributed by atoms with van der Waals surface area (Å²) in [6.45, 7) is 3.23. The molecule has 2 N–H and O–H groups in total. The van der Waals surface area contributed by atoms with Gasteiger partial charge in [0.25, 0.3) is 0 Å². The highest BCUT2D eigenvalue weighted by Gasteiger charge is 2.28. The molecule has 0 saturated carbocycles. The summed E-state index contributed by atoms with van der Waals surface area (Å²) in [5.74, 6) is -1.32. The van der Waals surface area contributed by atoms with Gasteiger partial charge in [0.05, 0.1) is 6.04 Å². The van der Waals surface area contributed by atoms with Crippen molar-refractivity contribution in [3.63, 3.8) is 0 Å². The highest BCUT2D eigenvalue weighted by molar-refractivity contribution is 6.39. The van der Waals surface area contributed by atoms with Crippen LogP contribution in [-0.4, -0.2) is 29.9 Å². The van der Waals surface area contributed by atoms with Crippen molar-refractivity contribution in [3.8, 4) is 0 Å². The number of amides is 2. The highest BCUT2D eigenvalue weighted by atomic mass is 16.2. The molecule has 0 fully saturated rings. The maximum absolute atomic E-state index is 12.5. The second kappa shape index (κ2) is 9.43. The van der Waals surface area contributed by atoms with Crippen LogP contribution in [0.3, 0.4) is 0 Å². The molecule has 4 rings (SSSR count). The lowest BCUT2D eigenvalue weighted by molar-refractivity contribution is -0.136. The van der Waals surface area contributed by atoms with Crippen LogP contribution in [-0.2, 0) is 22.4 Å². The maximum atomic E-state index is 12.5. The van der Waals surface area contributed by atoms with E-state index in [4.69, 9.17) is 0 Å². The van der Waals surface area contributed by atoms with Crippen LogP contribution in [0.1, 0.15) is 29.7 Å². The van der Waals surface area contributed by atoms with Crippen LogP contribution in [0.15, 0.2) is 73.1 Å². The number of aryl methyl sites for hydroxylation is 1. The molecule has 158 valence electrons. The topological polar surface area (TPSA) is 74.3 Å². The Balaban J connectivity index is 1.45. The minimum Gasteiger partial charge on any atom is -0.362 e. The molecule has 0 saturated heterocycles. The van der Waals surface area contributed by atoms with Gasteiger partial charge in [-0.25, -0.2) is 0 Å². The minimum atomic E-state index is -0.670. The van der Waals surface area contributed by atoms with Gasteiger partial charge in [0.1, 0.15) is 0 Å². The summed E-state index contributed by atoms with van der Waals surface area (Å²) in [4.78, 5) is 31.4. The lowest BCUT2D eigenvalue weighted by Gasteiger charge is -2.30. The van der Waals surface area contributed by atoms with Gasteiger partial charge in [-0.2, -0.15) is 0 Å². The Bertz CT molecular complexity index is 1050. The number of nitrogens with one attached hydrogen (secondary N) is 2. The van der Waals surface area contributed by atoms with E-state index in [-0.39, 0.29) is 6.04 Å². The SMILES string of the molecule is CCc1ccc(NC(=O)C(=O)NC[C@@H](c2cccnc2)N2CCc3ccccc32)cc1. The number of pyridine rings is 1. The third-order valence-corrected chi connectivity index (χ3v) is 5.65. The van der Waals surface area contributed by atoms with Crippen LogP contribution in [0, 0.1) is 0 Å². The lowest BCUT2D eigenvalue weighted by Crippen LogP contribution is -2.41. The molecule has 0 radical (unpaired) electrons. The number of carbonyl (C=O) groups excluding carboxylic acids is 2. The van der Waals surface area contributed by atoms with E-state index in [0.717, 1.165) is 30.6 Å². The van der Waals surface area contributed by atoms with Crippen molar-refractivity contribution in [2.24, 2.45) is 0 Å². The Labute approximate surface area is 182 Å². The van der Waals surface area contributed by atoms with E-state index in [2.05, 4.69) is 39.6 Å². The quantitative estimate of drug-likeness (QED) is 0.606. The van der Waals surface area contributed by atoms with Gasteiger partial charge in [-0.05, 0) is 53.8 Å². The molecule has 31 heavy (non-hydrogen) atoms. The van der Waals surface area contributed by atoms with Crippen molar-refractivity contribution >= 4 is 23.2 Å². The van der Waals surface area contributed by atoms with E-state index in [1.165, 1.54) is 11.1 Å². The van der Waals surface area contributed by atoms with Crippen molar-refractivity contribution < 1.29 is 9.59 Å². The van der Waals surface area contributed by atoms with Crippen LogP contribution in [0.4, 0.5) is 11.4 Å². The summed E-state index contributed by atoms with van der Waals surface area (Å²) >= 11 is 0. The minimum absolute atomic E-state index is 0.113. The summed E-state index contributed by atoms with van der Waals surface area (Å²) in [6.07, 6.45) is 5.42. The Morgan fingerprint density at radius 2 is 1.84 bits per heavy atom. The van der Waals surface area contributed by atoms with Crippen LogP contribution in [0.25, 0.3) is 0 Å². The number of nitrogens with zero attached hydrogens (tertiary/aromatic N) is 2. The second-order valence-corrected chi connectivity index (χ2v) is 7.59. The van der Waals surface area contributed by atoms with Crippen LogP contribution >= 0.6 is 0 Å². The molecule has 2 amide bonds. The first-order valence-corrected chi connectivity index (χ1v) is 10.6. The average Bonchev–Trinajstić information content (AvgIpc) is 3.24. The summed E-state index contributed by atoms with van der Waals surface area (Å²) in [7, 11) is 0. The van der Waals surface area contributed by atoms with Crippen molar-refractivity contribution in [1.29, 1.82) is 0 Å². The third kappa shape index (κ3) is 4.74. The smallest absolute Gasteiger partial charge is 0.313 e. The number of hydrogen-bond donors (Lipinski definition) is 2. The fourth-order valence-corrected chi connectivity index (χ4v) is 3.95. The molecular weight excluding hydrogens is 388 g/mol. The first-order chi connectivity index (χ1) is 15.2. The Morgan fingerprint density at radius 1 is 1.03 bits per heavy atom.